The van der Waals surface area contributed by atoms with Crippen LogP contribution >= 0.6 is 19.6 Å². The van der Waals surface area contributed by atoms with Crippen molar-refractivity contribution in [3.8, 4) is 11.3 Å². The van der Waals surface area contributed by atoms with Crippen molar-refractivity contribution in [2.24, 2.45) is 0 Å². The van der Waals surface area contributed by atoms with E-state index in [4.69, 9.17) is 15.2 Å². The Morgan fingerprint density at radius 1 is 1.15 bits per heavy atom. The zero-order chi connectivity index (χ0) is 23.3. The van der Waals surface area contributed by atoms with Crippen molar-refractivity contribution in [3.05, 3.63) is 83.9 Å². The van der Waals surface area contributed by atoms with E-state index in [1.54, 1.807) is 42.4 Å². The second-order valence-corrected chi connectivity index (χ2v) is 9.15. The van der Waals surface area contributed by atoms with Crippen molar-refractivity contribution >= 4 is 25.4 Å². The van der Waals surface area contributed by atoms with Crippen LogP contribution in [0.1, 0.15) is 16.8 Å². The molecule has 0 amide bonds. The molecular weight excluding hydrogens is 465 g/mol. The summed E-state index contributed by atoms with van der Waals surface area (Å²) in [6, 6.07) is 15.2. The van der Waals surface area contributed by atoms with Crippen molar-refractivity contribution in [2.75, 3.05) is 5.73 Å². The van der Waals surface area contributed by atoms with E-state index < -0.39 is 14.6 Å². The minimum Gasteiger partial charge on any atom is -0.756 e. The highest BCUT2D eigenvalue weighted by atomic mass is 32.2. The number of pyridine rings is 1. The Bertz CT molecular complexity index is 1260. The number of rotatable bonds is 9. The molecule has 0 aliphatic heterocycles. The van der Waals surface area contributed by atoms with Crippen LogP contribution in [-0.4, -0.2) is 20.0 Å². The van der Waals surface area contributed by atoms with Crippen molar-refractivity contribution < 1.29 is 28.0 Å². The first-order valence-electron chi connectivity index (χ1n) is 9.77. The zero-order valence-corrected chi connectivity index (χ0v) is 19.0. The van der Waals surface area contributed by atoms with Crippen LogP contribution in [-0.2, 0) is 28.0 Å². The number of anilines is 1. The SMILES string of the molecule is Nc1c(-c2cc(Cc3cnc(SCc4ccccc4)nc3)no2)ccc[n+]1COP(=O)([O-])O. The smallest absolute Gasteiger partial charge is 0.285 e. The minimum absolute atomic E-state index is 0.191. The second-order valence-electron chi connectivity index (χ2n) is 7.01. The van der Waals surface area contributed by atoms with Crippen LogP contribution in [0.3, 0.4) is 0 Å². The van der Waals surface area contributed by atoms with E-state index in [0.29, 0.717) is 28.6 Å². The predicted octanol–water partition coefficient (Wildman–Crippen LogP) is 2.32. The zero-order valence-electron chi connectivity index (χ0n) is 17.3. The summed E-state index contributed by atoms with van der Waals surface area (Å²) in [5.41, 5.74) is 9.33. The van der Waals surface area contributed by atoms with Gasteiger partial charge in [-0.1, -0.05) is 47.3 Å². The molecule has 0 aliphatic rings. The highest BCUT2D eigenvalue weighted by Gasteiger charge is 2.18. The summed E-state index contributed by atoms with van der Waals surface area (Å²) in [5, 5.41) is 4.77. The van der Waals surface area contributed by atoms with E-state index in [0.717, 1.165) is 11.3 Å². The molecule has 1 atom stereocenters. The van der Waals surface area contributed by atoms with Gasteiger partial charge in [-0.3, -0.25) is 14.8 Å². The Labute approximate surface area is 193 Å². The summed E-state index contributed by atoms with van der Waals surface area (Å²) in [4.78, 5) is 28.4. The molecule has 33 heavy (non-hydrogen) atoms. The van der Waals surface area contributed by atoms with Crippen molar-refractivity contribution in [1.29, 1.82) is 0 Å². The van der Waals surface area contributed by atoms with Crippen molar-refractivity contribution in [2.45, 2.75) is 24.1 Å². The molecule has 1 aromatic carbocycles. The van der Waals surface area contributed by atoms with Gasteiger partial charge in [0, 0.05) is 30.6 Å². The quantitative estimate of drug-likeness (QED) is 0.156. The summed E-state index contributed by atoms with van der Waals surface area (Å²) < 4.78 is 22.0. The standard InChI is InChI=1S/C21H20N5O5PS/c22-20-18(7-4-8-26(20)14-30-32(27,28)29)19-10-17(25-31-19)9-16-11-23-21(24-12-16)33-13-15-5-2-1-3-6-15/h1-8,10-12,22H,9,13-14H2,(H2,27,28,29). The Kier molecular flexibility index (Phi) is 7.17. The van der Waals surface area contributed by atoms with E-state index in [2.05, 4.69) is 31.8 Å². The van der Waals surface area contributed by atoms with Gasteiger partial charge in [0.2, 0.25) is 0 Å². The fourth-order valence-corrected chi connectivity index (χ4v) is 3.99. The van der Waals surface area contributed by atoms with Crippen LogP contribution in [0.5, 0.6) is 0 Å². The summed E-state index contributed by atoms with van der Waals surface area (Å²) in [6.45, 7) is -0.468. The van der Waals surface area contributed by atoms with Gasteiger partial charge in [0.1, 0.15) is 5.56 Å². The van der Waals surface area contributed by atoms with Crippen LogP contribution in [0.4, 0.5) is 5.82 Å². The molecule has 4 aromatic rings. The number of aromatic nitrogens is 4. The normalized spacial score (nSPS) is 13.0. The van der Waals surface area contributed by atoms with E-state index in [-0.39, 0.29) is 5.82 Å². The minimum atomic E-state index is -4.87. The third kappa shape index (κ3) is 6.47. The summed E-state index contributed by atoms with van der Waals surface area (Å²) in [7, 11) is -4.87. The number of hydrogen-bond acceptors (Lipinski definition) is 9. The van der Waals surface area contributed by atoms with Gasteiger partial charge in [0.05, 0.1) is 11.9 Å². The molecule has 1 unspecified atom stereocenters. The first-order valence-corrected chi connectivity index (χ1v) is 12.3. The maximum Gasteiger partial charge on any atom is 0.285 e. The number of phosphoric ester groups is 1. The Balaban J connectivity index is 1.40. The maximum absolute atomic E-state index is 10.8. The molecule has 12 heteroatoms. The number of nitrogens with zero attached hydrogens (tertiary/aromatic N) is 4. The van der Waals surface area contributed by atoms with Gasteiger partial charge in [-0.25, -0.2) is 14.5 Å². The van der Waals surface area contributed by atoms with Gasteiger partial charge in [0.15, 0.2) is 17.6 Å². The molecule has 0 radical (unpaired) electrons. The van der Waals surface area contributed by atoms with Crippen LogP contribution < -0.4 is 15.2 Å². The molecule has 0 saturated carbocycles. The van der Waals surface area contributed by atoms with Crippen LogP contribution in [0.25, 0.3) is 11.3 Å². The molecule has 3 N–H and O–H groups in total. The molecule has 4 rings (SSSR count). The monoisotopic (exact) mass is 485 g/mol. The molecule has 3 aromatic heterocycles. The first kappa shape index (κ1) is 23.1. The number of benzene rings is 1. The number of thioether (sulfide) groups is 1. The molecule has 3 heterocycles. The predicted molar refractivity (Wildman–Crippen MR) is 118 cm³/mol. The number of hydrogen-bond donors (Lipinski definition) is 2. The Morgan fingerprint density at radius 2 is 1.91 bits per heavy atom. The van der Waals surface area contributed by atoms with Gasteiger partial charge >= 0.3 is 0 Å². The van der Waals surface area contributed by atoms with Crippen molar-refractivity contribution in [1.82, 2.24) is 15.1 Å². The molecule has 0 spiro atoms. The topological polar surface area (TPSA) is 151 Å². The summed E-state index contributed by atoms with van der Waals surface area (Å²) >= 11 is 1.56. The molecule has 0 aliphatic carbocycles. The van der Waals surface area contributed by atoms with Crippen molar-refractivity contribution in [3.63, 3.8) is 0 Å². The number of phosphoric acid groups is 1. The van der Waals surface area contributed by atoms with E-state index in [9.17, 15) is 9.46 Å². The Hall–Kier alpha value is -3.08. The fourth-order valence-electron chi connectivity index (χ4n) is 2.98. The van der Waals surface area contributed by atoms with Gasteiger partial charge in [-0.05, 0) is 23.3 Å². The van der Waals surface area contributed by atoms with E-state index in [1.807, 2.05) is 18.2 Å². The van der Waals surface area contributed by atoms with Gasteiger partial charge in [0.25, 0.3) is 13.6 Å². The molecule has 170 valence electrons. The lowest BCUT2D eigenvalue weighted by atomic mass is 10.1. The maximum atomic E-state index is 10.8. The molecule has 0 bridgehead atoms. The average molecular weight is 485 g/mol. The first-order chi connectivity index (χ1) is 15.9. The van der Waals surface area contributed by atoms with E-state index in [1.165, 1.54) is 16.3 Å². The number of nitrogens with two attached hydrogens (primary N) is 1. The lowest BCUT2D eigenvalue weighted by molar-refractivity contribution is -0.712. The third-order valence-electron chi connectivity index (χ3n) is 4.58. The highest BCUT2D eigenvalue weighted by Crippen LogP contribution is 2.30. The third-order valence-corrected chi connectivity index (χ3v) is 5.96. The lowest BCUT2D eigenvalue weighted by Gasteiger charge is -2.14. The second kappa shape index (κ2) is 10.2. The summed E-state index contributed by atoms with van der Waals surface area (Å²) in [6.07, 6.45) is 5.49. The number of nitrogen functional groups attached to an aromatic ring is 1. The van der Waals surface area contributed by atoms with Gasteiger partial charge in [-0.15, -0.1) is 0 Å². The molecular formula is C21H20N5O5PS. The fraction of sp³-hybridized carbons (Fsp3) is 0.143. The lowest BCUT2D eigenvalue weighted by Crippen LogP contribution is -2.38. The largest absolute Gasteiger partial charge is 0.756 e. The van der Waals surface area contributed by atoms with Gasteiger partial charge < -0.3 is 14.3 Å². The van der Waals surface area contributed by atoms with Gasteiger partial charge in [-0.2, -0.15) is 0 Å². The Morgan fingerprint density at radius 3 is 2.64 bits per heavy atom. The van der Waals surface area contributed by atoms with Crippen LogP contribution in [0.2, 0.25) is 0 Å². The average Bonchev–Trinajstić information content (AvgIpc) is 3.26. The summed E-state index contributed by atoms with van der Waals surface area (Å²) in [5.74, 6) is 1.39. The molecule has 10 nitrogen and oxygen atoms in total. The molecule has 0 fully saturated rings. The highest BCUT2D eigenvalue weighted by molar-refractivity contribution is 7.98. The van der Waals surface area contributed by atoms with Crippen LogP contribution in [0.15, 0.2) is 76.8 Å². The van der Waals surface area contributed by atoms with Crippen LogP contribution in [0, 0.1) is 0 Å². The molecule has 0 saturated heterocycles. The van der Waals surface area contributed by atoms with E-state index >= 15 is 0 Å².